The molecule has 1 rings (SSSR count). The zero-order valence-electron chi connectivity index (χ0n) is 10.4. The van der Waals surface area contributed by atoms with Crippen molar-refractivity contribution >= 4 is 0 Å². The van der Waals surface area contributed by atoms with E-state index in [2.05, 4.69) is 19.2 Å². The van der Waals surface area contributed by atoms with Gasteiger partial charge in [-0.25, -0.2) is 0 Å². The molecule has 2 heteroatoms. The Morgan fingerprint density at radius 3 is 2.80 bits per heavy atom. The Bertz CT molecular complexity index is 147. The van der Waals surface area contributed by atoms with E-state index in [0.29, 0.717) is 12.1 Å². The van der Waals surface area contributed by atoms with E-state index in [1.54, 1.807) is 0 Å². The third-order valence-electron chi connectivity index (χ3n) is 3.19. The van der Waals surface area contributed by atoms with Crippen LogP contribution in [0.4, 0.5) is 0 Å². The van der Waals surface area contributed by atoms with E-state index in [9.17, 15) is 0 Å². The highest BCUT2D eigenvalue weighted by molar-refractivity contribution is 4.76. The Morgan fingerprint density at radius 2 is 2.07 bits per heavy atom. The molecule has 2 nitrogen and oxygen atoms in total. The van der Waals surface area contributed by atoms with Crippen LogP contribution in [0.3, 0.4) is 0 Å². The van der Waals surface area contributed by atoms with Crippen molar-refractivity contribution in [2.75, 3.05) is 13.2 Å². The smallest absolute Gasteiger partial charge is 0.0589 e. The fourth-order valence-electron chi connectivity index (χ4n) is 2.27. The molecule has 0 aliphatic carbocycles. The lowest BCUT2D eigenvalue weighted by atomic mass is 10.00. The van der Waals surface area contributed by atoms with Crippen LogP contribution in [0.1, 0.15) is 58.8 Å². The third-order valence-corrected chi connectivity index (χ3v) is 3.19. The SMILES string of the molecule is CCCCCNC1CCOC(CCC)C1. The Balaban J connectivity index is 2.07. The van der Waals surface area contributed by atoms with Crippen LogP contribution in [0, 0.1) is 0 Å². The molecule has 0 radical (unpaired) electrons. The second-order valence-electron chi connectivity index (χ2n) is 4.66. The molecule has 1 N–H and O–H groups in total. The van der Waals surface area contributed by atoms with Gasteiger partial charge in [0, 0.05) is 12.6 Å². The highest BCUT2D eigenvalue weighted by Gasteiger charge is 2.20. The number of nitrogens with one attached hydrogen (secondary N) is 1. The van der Waals surface area contributed by atoms with Crippen LogP contribution in [0.15, 0.2) is 0 Å². The van der Waals surface area contributed by atoms with Gasteiger partial charge in [0.25, 0.3) is 0 Å². The van der Waals surface area contributed by atoms with E-state index in [4.69, 9.17) is 4.74 Å². The topological polar surface area (TPSA) is 21.3 Å². The summed E-state index contributed by atoms with van der Waals surface area (Å²) in [6, 6.07) is 0.715. The molecule has 1 aliphatic rings. The molecule has 2 unspecified atom stereocenters. The summed E-state index contributed by atoms with van der Waals surface area (Å²) in [5, 5.41) is 3.66. The molecule has 0 spiro atoms. The lowest BCUT2D eigenvalue weighted by Crippen LogP contribution is -2.39. The van der Waals surface area contributed by atoms with Crippen molar-refractivity contribution in [2.45, 2.75) is 70.9 Å². The molecule has 0 aromatic rings. The molecule has 1 fully saturated rings. The maximum atomic E-state index is 5.74. The molecular weight excluding hydrogens is 186 g/mol. The summed E-state index contributed by atoms with van der Waals surface area (Å²) in [7, 11) is 0. The van der Waals surface area contributed by atoms with Gasteiger partial charge in [-0.15, -0.1) is 0 Å². The first-order valence-corrected chi connectivity index (χ1v) is 6.71. The minimum absolute atomic E-state index is 0.521. The van der Waals surface area contributed by atoms with Crippen molar-refractivity contribution in [1.82, 2.24) is 5.32 Å². The largest absolute Gasteiger partial charge is 0.378 e. The Labute approximate surface area is 94.8 Å². The first-order chi connectivity index (χ1) is 7.36. The molecule has 0 amide bonds. The Hall–Kier alpha value is -0.0800. The highest BCUT2D eigenvalue weighted by Crippen LogP contribution is 2.17. The summed E-state index contributed by atoms with van der Waals surface area (Å²) in [6.07, 6.45) is 9.41. The number of rotatable bonds is 7. The van der Waals surface area contributed by atoms with Crippen LogP contribution in [-0.4, -0.2) is 25.3 Å². The lowest BCUT2D eigenvalue weighted by Gasteiger charge is -2.30. The molecule has 0 bridgehead atoms. The van der Waals surface area contributed by atoms with Crippen LogP contribution < -0.4 is 5.32 Å². The summed E-state index contributed by atoms with van der Waals surface area (Å²) < 4.78 is 5.74. The molecular formula is C13H27NO. The minimum atomic E-state index is 0.521. The van der Waals surface area contributed by atoms with Gasteiger partial charge >= 0.3 is 0 Å². The van der Waals surface area contributed by atoms with E-state index in [1.165, 1.54) is 51.5 Å². The van der Waals surface area contributed by atoms with Crippen LogP contribution >= 0.6 is 0 Å². The second-order valence-corrected chi connectivity index (χ2v) is 4.66. The van der Waals surface area contributed by atoms with Crippen LogP contribution in [0.2, 0.25) is 0 Å². The highest BCUT2D eigenvalue weighted by atomic mass is 16.5. The number of ether oxygens (including phenoxy) is 1. The van der Waals surface area contributed by atoms with Crippen LogP contribution in [0.25, 0.3) is 0 Å². The van der Waals surface area contributed by atoms with Crippen LogP contribution in [-0.2, 0) is 4.74 Å². The van der Waals surface area contributed by atoms with Crippen molar-refractivity contribution in [3.05, 3.63) is 0 Å². The summed E-state index contributed by atoms with van der Waals surface area (Å²) >= 11 is 0. The maximum absolute atomic E-state index is 5.74. The first kappa shape index (κ1) is 13.0. The van der Waals surface area contributed by atoms with Gasteiger partial charge < -0.3 is 10.1 Å². The van der Waals surface area contributed by atoms with Gasteiger partial charge in [-0.2, -0.15) is 0 Å². The maximum Gasteiger partial charge on any atom is 0.0589 e. The van der Waals surface area contributed by atoms with Gasteiger partial charge in [0.1, 0.15) is 0 Å². The summed E-state index contributed by atoms with van der Waals surface area (Å²) in [5.41, 5.74) is 0. The van der Waals surface area contributed by atoms with Gasteiger partial charge in [-0.05, 0) is 32.2 Å². The van der Waals surface area contributed by atoms with Crippen LogP contribution in [0.5, 0.6) is 0 Å². The predicted octanol–water partition coefficient (Wildman–Crippen LogP) is 3.11. The molecule has 0 aromatic heterocycles. The zero-order valence-corrected chi connectivity index (χ0v) is 10.4. The fraction of sp³-hybridized carbons (Fsp3) is 1.00. The fourth-order valence-corrected chi connectivity index (χ4v) is 2.27. The van der Waals surface area contributed by atoms with Gasteiger partial charge in [0.15, 0.2) is 0 Å². The first-order valence-electron chi connectivity index (χ1n) is 6.71. The van der Waals surface area contributed by atoms with Gasteiger partial charge in [0.05, 0.1) is 6.10 Å². The molecule has 15 heavy (non-hydrogen) atoms. The van der Waals surface area contributed by atoms with E-state index < -0.39 is 0 Å². The normalized spacial score (nSPS) is 26.8. The van der Waals surface area contributed by atoms with E-state index in [0.717, 1.165) is 6.61 Å². The molecule has 0 aromatic carbocycles. The predicted molar refractivity (Wildman–Crippen MR) is 65.2 cm³/mol. The standard InChI is InChI=1S/C13H27NO/c1-3-5-6-9-14-12-8-10-15-13(11-12)7-4-2/h12-14H,3-11H2,1-2H3. The summed E-state index contributed by atoms with van der Waals surface area (Å²) in [6.45, 7) is 6.64. The Morgan fingerprint density at radius 1 is 1.20 bits per heavy atom. The molecule has 0 saturated carbocycles. The van der Waals surface area contributed by atoms with Crippen molar-refractivity contribution in [2.24, 2.45) is 0 Å². The lowest BCUT2D eigenvalue weighted by molar-refractivity contribution is -0.00311. The summed E-state index contributed by atoms with van der Waals surface area (Å²) in [4.78, 5) is 0. The average molecular weight is 213 g/mol. The molecule has 2 atom stereocenters. The quantitative estimate of drug-likeness (QED) is 0.656. The summed E-state index contributed by atoms with van der Waals surface area (Å²) in [5.74, 6) is 0. The van der Waals surface area contributed by atoms with Crippen molar-refractivity contribution in [3.63, 3.8) is 0 Å². The number of unbranched alkanes of at least 4 members (excludes halogenated alkanes) is 2. The number of hydrogen-bond donors (Lipinski definition) is 1. The van der Waals surface area contributed by atoms with Crippen molar-refractivity contribution < 1.29 is 4.74 Å². The van der Waals surface area contributed by atoms with Gasteiger partial charge in [-0.3, -0.25) is 0 Å². The molecule has 1 saturated heterocycles. The molecule has 90 valence electrons. The molecule has 1 aliphatic heterocycles. The van der Waals surface area contributed by atoms with Gasteiger partial charge in [-0.1, -0.05) is 33.1 Å². The number of hydrogen-bond acceptors (Lipinski definition) is 2. The van der Waals surface area contributed by atoms with Crippen molar-refractivity contribution in [1.29, 1.82) is 0 Å². The van der Waals surface area contributed by atoms with E-state index >= 15 is 0 Å². The monoisotopic (exact) mass is 213 g/mol. The zero-order chi connectivity index (χ0) is 10.9. The average Bonchev–Trinajstić information content (AvgIpc) is 2.26. The van der Waals surface area contributed by atoms with Gasteiger partial charge in [0.2, 0.25) is 0 Å². The minimum Gasteiger partial charge on any atom is -0.378 e. The van der Waals surface area contributed by atoms with E-state index in [1.807, 2.05) is 0 Å². The van der Waals surface area contributed by atoms with Crippen molar-refractivity contribution in [3.8, 4) is 0 Å². The molecule has 1 heterocycles. The Kier molecular flexibility index (Phi) is 7.03. The van der Waals surface area contributed by atoms with E-state index in [-0.39, 0.29) is 0 Å². The second kappa shape index (κ2) is 8.12. The third kappa shape index (κ3) is 5.53.